The summed E-state index contributed by atoms with van der Waals surface area (Å²) in [6.45, 7) is 7.00. The molecular weight excluding hydrogens is 516 g/mol. The summed E-state index contributed by atoms with van der Waals surface area (Å²) in [6, 6.07) is 6.03. The van der Waals surface area contributed by atoms with Crippen LogP contribution >= 0.6 is 0 Å². The van der Waals surface area contributed by atoms with Crippen LogP contribution in [0.5, 0.6) is 0 Å². The monoisotopic (exact) mass is 547 g/mol. The molecule has 38 heavy (non-hydrogen) atoms. The predicted molar refractivity (Wildman–Crippen MR) is 140 cm³/mol. The minimum absolute atomic E-state index is 0.00703. The van der Waals surface area contributed by atoms with Gasteiger partial charge < -0.3 is 15.0 Å². The molecule has 1 saturated carbocycles. The standard InChI is InChI=1S/C25H31F2N7O3S/c1-25(33-6-8-37-9-7-33)14-32(15-25)22-20-13-28-34(18-5-3-4-16(10-18)21(26)27)23(20)31-24(30-22)29-17-11-19(12-17)38(2,35)36/h3-5,10,13,17,19,21H,6-9,11-12,14-15H2,1-2H3,(H,29,30,31)/t17-,19-. The Hall–Kier alpha value is -2.90. The van der Waals surface area contributed by atoms with Crippen LogP contribution in [0.15, 0.2) is 30.5 Å². The Balaban J connectivity index is 1.33. The van der Waals surface area contributed by atoms with Crippen LogP contribution in [0.3, 0.4) is 0 Å². The maximum Gasteiger partial charge on any atom is 0.263 e. The van der Waals surface area contributed by atoms with Gasteiger partial charge in [0.25, 0.3) is 6.43 Å². The SMILES string of the molecule is CC1(N2CCOCC2)CN(c2nc(N[C@H]3C[C@H](S(C)(=O)=O)C3)nc3c2cnn3-c2cccc(C(F)F)c2)C1. The van der Waals surface area contributed by atoms with Gasteiger partial charge in [0.1, 0.15) is 15.7 Å². The first kappa shape index (κ1) is 25.4. The van der Waals surface area contributed by atoms with Crippen molar-refractivity contribution in [3.05, 3.63) is 36.0 Å². The first-order valence-corrected chi connectivity index (χ1v) is 14.7. The molecule has 4 heterocycles. The number of aromatic nitrogens is 4. The highest BCUT2D eigenvalue weighted by molar-refractivity contribution is 7.91. The lowest BCUT2D eigenvalue weighted by Gasteiger charge is -2.55. The summed E-state index contributed by atoms with van der Waals surface area (Å²) in [6.07, 6.45) is 1.32. The van der Waals surface area contributed by atoms with E-state index in [0.29, 0.717) is 30.1 Å². The third-order valence-electron chi connectivity index (χ3n) is 7.95. The van der Waals surface area contributed by atoms with Crippen LogP contribution in [0, 0.1) is 0 Å². The predicted octanol–water partition coefficient (Wildman–Crippen LogP) is 2.65. The van der Waals surface area contributed by atoms with Crippen molar-refractivity contribution in [2.45, 2.75) is 43.0 Å². The van der Waals surface area contributed by atoms with Crippen molar-refractivity contribution in [3.8, 4) is 5.69 Å². The topological polar surface area (TPSA) is 105 Å². The molecule has 2 aromatic heterocycles. The molecule has 2 aliphatic heterocycles. The minimum atomic E-state index is -3.09. The smallest absolute Gasteiger partial charge is 0.263 e. The summed E-state index contributed by atoms with van der Waals surface area (Å²) < 4.78 is 57.6. The number of alkyl halides is 2. The lowest BCUT2D eigenvalue weighted by molar-refractivity contribution is -0.0266. The van der Waals surface area contributed by atoms with E-state index in [9.17, 15) is 17.2 Å². The number of hydrogen-bond donors (Lipinski definition) is 1. The van der Waals surface area contributed by atoms with Crippen LogP contribution in [-0.2, 0) is 14.6 Å². The Morgan fingerprint density at radius 2 is 1.89 bits per heavy atom. The van der Waals surface area contributed by atoms with Gasteiger partial charge in [-0.3, -0.25) is 4.90 Å². The molecule has 1 aromatic carbocycles. The maximum atomic E-state index is 13.4. The maximum absolute atomic E-state index is 13.4. The minimum Gasteiger partial charge on any atom is -0.379 e. The van der Waals surface area contributed by atoms with E-state index in [1.54, 1.807) is 23.0 Å². The number of morpholine rings is 1. The van der Waals surface area contributed by atoms with E-state index in [1.165, 1.54) is 18.4 Å². The molecule has 13 heteroatoms. The van der Waals surface area contributed by atoms with Gasteiger partial charge in [-0.2, -0.15) is 15.1 Å². The number of nitrogens with zero attached hydrogens (tertiary/aromatic N) is 6. The normalized spacial score (nSPS) is 23.9. The van der Waals surface area contributed by atoms with E-state index in [-0.39, 0.29) is 22.4 Å². The molecule has 6 rings (SSSR count). The molecule has 0 atom stereocenters. The molecule has 1 aliphatic carbocycles. The molecule has 2 saturated heterocycles. The fourth-order valence-corrected chi connectivity index (χ4v) is 6.79. The van der Waals surface area contributed by atoms with Crippen molar-refractivity contribution in [2.75, 3.05) is 55.9 Å². The van der Waals surface area contributed by atoms with Gasteiger partial charge in [0.05, 0.1) is 41.3 Å². The molecule has 0 radical (unpaired) electrons. The molecule has 1 N–H and O–H groups in total. The largest absolute Gasteiger partial charge is 0.379 e. The average molecular weight is 548 g/mol. The average Bonchev–Trinajstić information content (AvgIpc) is 3.27. The van der Waals surface area contributed by atoms with Crippen LogP contribution in [-0.4, -0.2) is 95.5 Å². The molecule has 3 fully saturated rings. The van der Waals surface area contributed by atoms with E-state index in [4.69, 9.17) is 14.7 Å². The number of sulfone groups is 1. The number of rotatable bonds is 7. The Labute approximate surface area is 219 Å². The van der Waals surface area contributed by atoms with Crippen LogP contribution in [0.4, 0.5) is 20.5 Å². The number of ether oxygens (including phenoxy) is 1. The summed E-state index contributed by atoms with van der Waals surface area (Å²) in [5, 5.41) is 8.16. The highest BCUT2D eigenvalue weighted by Gasteiger charge is 2.45. The molecule has 3 aromatic rings. The Bertz CT molecular complexity index is 1450. The number of anilines is 2. The van der Waals surface area contributed by atoms with Gasteiger partial charge in [-0.25, -0.2) is 21.9 Å². The second kappa shape index (κ2) is 9.38. The van der Waals surface area contributed by atoms with Crippen LogP contribution < -0.4 is 10.2 Å². The zero-order chi connectivity index (χ0) is 26.7. The Morgan fingerprint density at radius 1 is 1.16 bits per heavy atom. The number of nitrogens with one attached hydrogen (secondary N) is 1. The Kier molecular flexibility index (Phi) is 6.27. The number of benzene rings is 1. The first-order valence-electron chi connectivity index (χ1n) is 12.8. The van der Waals surface area contributed by atoms with E-state index in [0.717, 1.165) is 50.6 Å². The van der Waals surface area contributed by atoms with Crippen molar-refractivity contribution >= 4 is 32.6 Å². The van der Waals surface area contributed by atoms with Crippen LogP contribution in [0.1, 0.15) is 31.8 Å². The quantitative estimate of drug-likeness (QED) is 0.478. The van der Waals surface area contributed by atoms with Crippen LogP contribution in [0.2, 0.25) is 0 Å². The van der Waals surface area contributed by atoms with Gasteiger partial charge >= 0.3 is 0 Å². The molecule has 10 nitrogen and oxygen atoms in total. The van der Waals surface area contributed by atoms with E-state index < -0.39 is 16.3 Å². The van der Waals surface area contributed by atoms with E-state index >= 15 is 0 Å². The zero-order valence-electron chi connectivity index (χ0n) is 21.3. The van der Waals surface area contributed by atoms with Crippen molar-refractivity contribution in [1.29, 1.82) is 0 Å². The molecule has 3 aliphatic rings. The summed E-state index contributed by atoms with van der Waals surface area (Å²) in [7, 11) is -3.09. The number of halogens is 2. The fraction of sp³-hybridized carbons (Fsp3) is 0.560. The fourth-order valence-electron chi connectivity index (χ4n) is 5.62. The van der Waals surface area contributed by atoms with Crippen molar-refractivity contribution in [2.24, 2.45) is 0 Å². The summed E-state index contributed by atoms with van der Waals surface area (Å²) in [5.74, 6) is 1.09. The molecule has 0 unspecified atom stereocenters. The van der Waals surface area contributed by atoms with Gasteiger partial charge in [0, 0.05) is 44.0 Å². The van der Waals surface area contributed by atoms with Gasteiger partial charge in [-0.1, -0.05) is 12.1 Å². The summed E-state index contributed by atoms with van der Waals surface area (Å²) in [5.41, 5.74) is 0.885. The van der Waals surface area contributed by atoms with Gasteiger partial charge in [0.15, 0.2) is 5.65 Å². The van der Waals surface area contributed by atoms with Crippen molar-refractivity contribution < 1.29 is 21.9 Å². The first-order chi connectivity index (χ1) is 18.1. The highest BCUT2D eigenvalue weighted by Crippen LogP contribution is 2.37. The third-order valence-corrected chi connectivity index (χ3v) is 9.54. The molecule has 0 bridgehead atoms. The highest BCUT2D eigenvalue weighted by atomic mass is 32.2. The lowest BCUT2D eigenvalue weighted by atomic mass is 9.89. The van der Waals surface area contributed by atoms with Gasteiger partial charge in [-0.05, 0) is 31.9 Å². The summed E-state index contributed by atoms with van der Waals surface area (Å²) >= 11 is 0. The molecule has 204 valence electrons. The Morgan fingerprint density at radius 3 is 2.58 bits per heavy atom. The molecular formula is C25H31F2N7O3S. The third kappa shape index (κ3) is 4.60. The second-order valence-corrected chi connectivity index (χ2v) is 13.1. The molecule has 0 spiro atoms. The number of fused-ring (bicyclic) bond motifs is 1. The van der Waals surface area contributed by atoms with Gasteiger partial charge in [0.2, 0.25) is 5.95 Å². The van der Waals surface area contributed by atoms with Gasteiger partial charge in [-0.15, -0.1) is 0 Å². The second-order valence-electron chi connectivity index (χ2n) is 10.8. The van der Waals surface area contributed by atoms with Crippen LogP contribution in [0.25, 0.3) is 16.7 Å². The van der Waals surface area contributed by atoms with Crippen molar-refractivity contribution in [3.63, 3.8) is 0 Å². The lowest BCUT2D eigenvalue weighted by Crippen LogP contribution is -2.70. The molecule has 0 amide bonds. The summed E-state index contributed by atoms with van der Waals surface area (Å²) in [4.78, 5) is 14.2. The van der Waals surface area contributed by atoms with E-state index in [2.05, 4.69) is 27.1 Å². The zero-order valence-corrected chi connectivity index (χ0v) is 22.2. The number of hydrogen-bond acceptors (Lipinski definition) is 9. The van der Waals surface area contributed by atoms with E-state index in [1.807, 2.05) is 0 Å². The van der Waals surface area contributed by atoms with Crippen molar-refractivity contribution in [1.82, 2.24) is 24.6 Å².